The van der Waals surface area contributed by atoms with Gasteiger partial charge in [-0.1, -0.05) is 62.4 Å². The van der Waals surface area contributed by atoms with Gasteiger partial charge in [0.2, 0.25) is 15.9 Å². The number of nitrogens with zero attached hydrogens (tertiary/aromatic N) is 1. The molecular weight excluding hydrogens is 431 g/mol. The van der Waals surface area contributed by atoms with Crippen LogP contribution in [-0.4, -0.2) is 38.3 Å². The first-order valence-corrected chi connectivity index (χ1v) is 12.8. The Balaban J connectivity index is 1.94. The molecule has 1 aromatic carbocycles. The van der Waals surface area contributed by atoms with Gasteiger partial charge in [0, 0.05) is 19.6 Å². The van der Waals surface area contributed by atoms with Crippen molar-refractivity contribution in [2.24, 2.45) is 11.8 Å². The number of nitrogens with one attached hydrogen (secondary N) is 1. The van der Waals surface area contributed by atoms with Crippen LogP contribution in [0.15, 0.2) is 18.2 Å². The highest BCUT2D eigenvalue weighted by molar-refractivity contribution is 7.88. The molecule has 1 aromatic rings. The van der Waals surface area contributed by atoms with E-state index in [1.165, 1.54) is 10.7 Å². The summed E-state index contributed by atoms with van der Waals surface area (Å²) in [6.45, 7) is 5.66. The number of carbonyl (C=O) groups is 1. The van der Waals surface area contributed by atoms with Crippen molar-refractivity contribution in [1.82, 2.24) is 9.62 Å². The lowest BCUT2D eigenvalue weighted by Gasteiger charge is -2.31. The Morgan fingerprint density at radius 2 is 2.03 bits per heavy atom. The van der Waals surface area contributed by atoms with Gasteiger partial charge in [-0.25, -0.2) is 12.7 Å². The number of piperidine rings is 1. The van der Waals surface area contributed by atoms with Crippen LogP contribution in [0.25, 0.3) is 0 Å². The molecule has 0 saturated carbocycles. The van der Waals surface area contributed by atoms with Gasteiger partial charge in [0.05, 0.1) is 21.7 Å². The quantitative estimate of drug-likeness (QED) is 0.539. The molecule has 2 rings (SSSR count). The van der Waals surface area contributed by atoms with E-state index in [9.17, 15) is 13.2 Å². The standard InChI is InChI=1S/C21H32Cl2N2O3S/c1-3-5-7-16(4-2)13-24-21(26)18-8-6-11-25(14-18)29(27,28)15-17-9-10-19(22)20(23)12-17/h9-10,12,16,18H,3-8,11,13-15H2,1-2H3,(H,24,26)/t16-,18-/m1/s1. The lowest BCUT2D eigenvalue weighted by atomic mass is 9.96. The van der Waals surface area contributed by atoms with Crippen molar-refractivity contribution in [3.05, 3.63) is 33.8 Å². The SMILES string of the molecule is CCCC[C@@H](CC)CNC(=O)[C@@H]1CCCN(S(=O)(=O)Cc2ccc(Cl)c(Cl)c2)C1. The summed E-state index contributed by atoms with van der Waals surface area (Å²) >= 11 is 11.9. The maximum absolute atomic E-state index is 12.9. The lowest BCUT2D eigenvalue weighted by Crippen LogP contribution is -2.46. The molecule has 29 heavy (non-hydrogen) atoms. The fourth-order valence-electron chi connectivity index (χ4n) is 3.67. The molecule has 0 aromatic heterocycles. The van der Waals surface area contributed by atoms with Crippen LogP contribution in [0, 0.1) is 11.8 Å². The summed E-state index contributed by atoms with van der Waals surface area (Å²) in [7, 11) is -3.53. The first kappa shape index (κ1) is 24.4. The van der Waals surface area contributed by atoms with Crippen molar-refractivity contribution in [3.63, 3.8) is 0 Å². The van der Waals surface area contributed by atoms with Crippen molar-refractivity contribution in [2.75, 3.05) is 19.6 Å². The summed E-state index contributed by atoms with van der Waals surface area (Å²) in [6.07, 6.45) is 5.87. The Morgan fingerprint density at radius 3 is 2.69 bits per heavy atom. The number of hydrogen-bond acceptors (Lipinski definition) is 3. The minimum atomic E-state index is -3.53. The monoisotopic (exact) mass is 462 g/mol. The minimum Gasteiger partial charge on any atom is -0.356 e. The van der Waals surface area contributed by atoms with E-state index in [-0.39, 0.29) is 24.1 Å². The van der Waals surface area contributed by atoms with Gasteiger partial charge in [-0.2, -0.15) is 0 Å². The number of benzene rings is 1. The molecule has 0 bridgehead atoms. The van der Waals surface area contributed by atoms with Crippen LogP contribution in [-0.2, 0) is 20.6 Å². The third-order valence-corrected chi connectivity index (χ3v) is 8.15. The summed E-state index contributed by atoms with van der Waals surface area (Å²) in [6, 6.07) is 4.85. The second-order valence-corrected chi connectivity index (χ2v) is 10.6. The minimum absolute atomic E-state index is 0.0330. The molecule has 164 valence electrons. The Morgan fingerprint density at radius 1 is 1.28 bits per heavy atom. The number of rotatable bonds is 10. The second-order valence-electron chi connectivity index (χ2n) is 7.86. The van der Waals surface area contributed by atoms with Crippen LogP contribution in [0.4, 0.5) is 0 Å². The molecule has 1 heterocycles. The van der Waals surface area contributed by atoms with E-state index < -0.39 is 10.0 Å². The molecule has 0 unspecified atom stereocenters. The largest absolute Gasteiger partial charge is 0.356 e. The smallest absolute Gasteiger partial charge is 0.224 e. The number of amides is 1. The van der Waals surface area contributed by atoms with Crippen molar-refractivity contribution < 1.29 is 13.2 Å². The van der Waals surface area contributed by atoms with E-state index in [1.54, 1.807) is 18.2 Å². The summed E-state index contributed by atoms with van der Waals surface area (Å²) in [5.74, 6) is 0.00930. The fourth-order valence-corrected chi connectivity index (χ4v) is 5.59. The molecule has 1 fully saturated rings. The summed E-state index contributed by atoms with van der Waals surface area (Å²) in [5, 5.41) is 3.79. The average molecular weight is 463 g/mol. The lowest BCUT2D eigenvalue weighted by molar-refractivity contribution is -0.126. The van der Waals surface area contributed by atoms with Gasteiger partial charge in [-0.3, -0.25) is 4.79 Å². The van der Waals surface area contributed by atoms with Gasteiger partial charge in [0.15, 0.2) is 0 Å². The van der Waals surface area contributed by atoms with Gasteiger partial charge in [0.25, 0.3) is 0 Å². The molecule has 2 atom stereocenters. The van der Waals surface area contributed by atoms with E-state index in [0.717, 1.165) is 25.7 Å². The maximum atomic E-state index is 12.9. The molecule has 1 N–H and O–H groups in total. The van der Waals surface area contributed by atoms with E-state index in [1.807, 2.05) is 0 Å². The first-order valence-electron chi connectivity index (χ1n) is 10.5. The number of sulfonamides is 1. The molecule has 1 amide bonds. The van der Waals surface area contributed by atoms with Crippen LogP contribution in [0.2, 0.25) is 10.0 Å². The van der Waals surface area contributed by atoms with Crippen molar-refractivity contribution in [2.45, 2.75) is 58.1 Å². The Bertz CT molecular complexity index is 786. The highest BCUT2D eigenvalue weighted by atomic mass is 35.5. The summed E-state index contributed by atoms with van der Waals surface area (Å²) < 4.78 is 27.2. The molecule has 0 aliphatic carbocycles. The van der Waals surface area contributed by atoms with Gasteiger partial charge in [-0.15, -0.1) is 0 Å². The number of hydrogen-bond donors (Lipinski definition) is 1. The molecule has 8 heteroatoms. The van der Waals surface area contributed by atoms with Crippen LogP contribution >= 0.6 is 23.2 Å². The van der Waals surface area contributed by atoms with Crippen molar-refractivity contribution in [1.29, 1.82) is 0 Å². The normalized spacial score (nSPS) is 19.1. The number of carbonyl (C=O) groups excluding carboxylic acids is 1. The van der Waals surface area contributed by atoms with Gasteiger partial charge in [-0.05, 0) is 42.9 Å². The predicted molar refractivity (Wildman–Crippen MR) is 120 cm³/mol. The third-order valence-electron chi connectivity index (χ3n) is 5.59. The number of unbranched alkanes of at least 4 members (excludes halogenated alkanes) is 1. The van der Waals surface area contributed by atoms with Gasteiger partial charge >= 0.3 is 0 Å². The zero-order chi connectivity index (χ0) is 21.4. The van der Waals surface area contributed by atoms with Crippen molar-refractivity contribution in [3.8, 4) is 0 Å². The fraction of sp³-hybridized carbons (Fsp3) is 0.667. The molecule has 5 nitrogen and oxygen atoms in total. The van der Waals surface area contributed by atoms with Gasteiger partial charge < -0.3 is 5.32 Å². The zero-order valence-electron chi connectivity index (χ0n) is 17.3. The van der Waals surface area contributed by atoms with Gasteiger partial charge in [0.1, 0.15) is 0 Å². The molecule has 0 spiro atoms. The van der Waals surface area contributed by atoms with Crippen LogP contribution in [0.1, 0.15) is 57.9 Å². The Kier molecular flexibility index (Phi) is 9.73. The second kappa shape index (κ2) is 11.5. The third kappa shape index (κ3) is 7.42. The van der Waals surface area contributed by atoms with Crippen LogP contribution in [0.3, 0.4) is 0 Å². The first-order chi connectivity index (χ1) is 13.8. The maximum Gasteiger partial charge on any atom is 0.224 e. The van der Waals surface area contributed by atoms with E-state index in [4.69, 9.17) is 23.2 Å². The number of halogens is 2. The molecular formula is C21H32Cl2N2O3S. The summed E-state index contributed by atoms with van der Waals surface area (Å²) in [4.78, 5) is 12.6. The van der Waals surface area contributed by atoms with Crippen LogP contribution < -0.4 is 5.32 Å². The average Bonchev–Trinajstić information content (AvgIpc) is 2.70. The molecule has 0 radical (unpaired) electrons. The van der Waals surface area contributed by atoms with Crippen molar-refractivity contribution >= 4 is 39.1 Å². The van der Waals surface area contributed by atoms with E-state index in [0.29, 0.717) is 41.0 Å². The molecule has 1 saturated heterocycles. The highest BCUT2D eigenvalue weighted by Crippen LogP contribution is 2.26. The molecule has 1 aliphatic heterocycles. The Hall–Kier alpha value is -0.820. The Labute approximate surface area is 185 Å². The van der Waals surface area contributed by atoms with Crippen LogP contribution in [0.5, 0.6) is 0 Å². The zero-order valence-corrected chi connectivity index (χ0v) is 19.6. The summed E-state index contributed by atoms with van der Waals surface area (Å²) in [5.41, 5.74) is 0.590. The van der Waals surface area contributed by atoms with E-state index >= 15 is 0 Å². The predicted octanol–water partition coefficient (Wildman–Crippen LogP) is 4.87. The molecule has 1 aliphatic rings. The topological polar surface area (TPSA) is 66.5 Å². The van der Waals surface area contributed by atoms with E-state index in [2.05, 4.69) is 19.2 Å². The highest BCUT2D eigenvalue weighted by Gasteiger charge is 2.32.